The Balaban J connectivity index is 2.40. The highest BCUT2D eigenvalue weighted by atomic mass is 32.2. The minimum absolute atomic E-state index is 0.000761. The van der Waals surface area contributed by atoms with Gasteiger partial charge in [0.2, 0.25) is 0 Å². The topological polar surface area (TPSA) is 107 Å². The number of carboxylic acids is 1. The van der Waals surface area contributed by atoms with Gasteiger partial charge in [-0.25, -0.2) is 13.2 Å². The average Bonchev–Trinajstić information content (AvgIpc) is 2.90. The summed E-state index contributed by atoms with van der Waals surface area (Å²) in [5.74, 6) is -1.13. The molecule has 0 saturated carbocycles. The summed E-state index contributed by atoms with van der Waals surface area (Å²) >= 11 is 0.848. The van der Waals surface area contributed by atoms with Crippen LogP contribution in [0.3, 0.4) is 0 Å². The lowest BCUT2D eigenvalue weighted by molar-refractivity contribution is 0.0696. The number of benzene rings is 1. The summed E-state index contributed by atoms with van der Waals surface area (Å²) < 4.78 is 26.8. The molecule has 21 heavy (non-hydrogen) atoms. The van der Waals surface area contributed by atoms with E-state index in [1.807, 2.05) is 6.07 Å². The Kier molecular flexibility index (Phi) is 3.97. The molecule has 0 aliphatic carbocycles. The van der Waals surface area contributed by atoms with Gasteiger partial charge in [-0.1, -0.05) is 6.07 Å². The predicted molar refractivity (Wildman–Crippen MR) is 78.0 cm³/mol. The largest absolute Gasteiger partial charge is 0.478 e. The number of nitriles is 1. The molecule has 0 aliphatic rings. The molecule has 0 fully saturated rings. The summed E-state index contributed by atoms with van der Waals surface area (Å²) in [5.41, 5.74) is 0.548. The maximum absolute atomic E-state index is 12.2. The van der Waals surface area contributed by atoms with E-state index in [0.29, 0.717) is 5.56 Å². The maximum atomic E-state index is 12.2. The molecule has 1 aromatic carbocycles. The molecule has 0 amide bonds. The van der Waals surface area contributed by atoms with Crippen molar-refractivity contribution in [1.82, 2.24) is 0 Å². The summed E-state index contributed by atoms with van der Waals surface area (Å²) in [4.78, 5) is 11.3. The molecule has 6 nitrogen and oxygen atoms in total. The van der Waals surface area contributed by atoms with Gasteiger partial charge in [0.25, 0.3) is 10.0 Å². The molecule has 0 aliphatic heterocycles. The first-order valence-corrected chi connectivity index (χ1v) is 8.01. The number of carbonyl (C=O) groups is 1. The van der Waals surface area contributed by atoms with E-state index in [-0.39, 0.29) is 20.3 Å². The normalized spacial score (nSPS) is 10.9. The molecule has 1 heterocycles. The number of hydrogen-bond acceptors (Lipinski definition) is 5. The van der Waals surface area contributed by atoms with E-state index >= 15 is 0 Å². The summed E-state index contributed by atoms with van der Waals surface area (Å²) in [6.07, 6.45) is 0. The second kappa shape index (κ2) is 5.55. The Bertz CT molecular complexity index is 847. The number of aromatic carboxylic acids is 1. The van der Waals surface area contributed by atoms with Crippen molar-refractivity contribution in [3.05, 3.63) is 46.3 Å². The molecule has 0 spiro atoms. The van der Waals surface area contributed by atoms with Crippen LogP contribution in [0.4, 0.5) is 5.69 Å². The SMILES string of the molecule is Cc1c(NS(=O)(=O)c2ccc(C#N)s2)cccc1C(=O)O. The molecule has 2 N–H and O–H groups in total. The van der Waals surface area contributed by atoms with Crippen molar-refractivity contribution in [3.8, 4) is 6.07 Å². The van der Waals surface area contributed by atoms with E-state index in [4.69, 9.17) is 10.4 Å². The molecule has 8 heteroatoms. The summed E-state index contributed by atoms with van der Waals surface area (Å²) in [7, 11) is -3.84. The van der Waals surface area contributed by atoms with Crippen LogP contribution in [0.2, 0.25) is 0 Å². The van der Waals surface area contributed by atoms with Gasteiger partial charge in [-0.15, -0.1) is 11.3 Å². The number of nitrogens with one attached hydrogen (secondary N) is 1. The van der Waals surface area contributed by atoms with Crippen LogP contribution >= 0.6 is 11.3 Å². The van der Waals surface area contributed by atoms with Crippen molar-refractivity contribution in [2.45, 2.75) is 11.1 Å². The van der Waals surface area contributed by atoms with Gasteiger partial charge in [0, 0.05) is 0 Å². The Morgan fingerprint density at radius 1 is 1.33 bits per heavy atom. The van der Waals surface area contributed by atoms with Crippen molar-refractivity contribution < 1.29 is 18.3 Å². The average molecular weight is 322 g/mol. The van der Waals surface area contributed by atoms with Gasteiger partial charge in [-0.2, -0.15) is 5.26 Å². The van der Waals surface area contributed by atoms with Gasteiger partial charge in [0.15, 0.2) is 0 Å². The number of anilines is 1. The number of thiophene rings is 1. The summed E-state index contributed by atoms with van der Waals surface area (Å²) in [5, 5.41) is 17.8. The lowest BCUT2D eigenvalue weighted by Crippen LogP contribution is -2.13. The van der Waals surface area contributed by atoms with Gasteiger partial charge in [-0.3, -0.25) is 4.72 Å². The first-order valence-electron chi connectivity index (χ1n) is 5.71. The molecular formula is C13H10N2O4S2. The van der Waals surface area contributed by atoms with Gasteiger partial charge < -0.3 is 5.11 Å². The van der Waals surface area contributed by atoms with Crippen molar-refractivity contribution in [2.75, 3.05) is 4.72 Å². The second-order valence-electron chi connectivity index (χ2n) is 4.12. The van der Waals surface area contributed by atoms with Gasteiger partial charge >= 0.3 is 5.97 Å². The van der Waals surface area contributed by atoms with E-state index < -0.39 is 16.0 Å². The lowest BCUT2D eigenvalue weighted by Gasteiger charge is -2.10. The summed E-state index contributed by atoms with van der Waals surface area (Å²) in [6.45, 7) is 1.52. The van der Waals surface area contributed by atoms with E-state index in [0.717, 1.165) is 11.3 Å². The quantitative estimate of drug-likeness (QED) is 0.899. The third-order valence-electron chi connectivity index (χ3n) is 2.76. The number of nitrogens with zero attached hydrogens (tertiary/aromatic N) is 1. The maximum Gasteiger partial charge on any atom is 0.336 e. The zero-order valence-electron chi connectivity index (χ0n) is 10.8. The van der Waals surface area contributed by atoms with Crippen LogP contribution in [0.15, 0.2) is 34.5 Å². The molecule has 0 saturated heterocycles. The highest BCUT2D eigenvalue weighted by molar-refractivity contribution is 7.94. The molecule has 2 aromatic rings. The molecule has 0 atom stereocenters. The fourth-order valence-electron chi connectivity index (χ4n) is 1.70. The highest BCUT2D eigenvalue weighted by Crippen LogP contribution is 2.26. The standard InChI is InChI=1S/C13H10N2O4S2/c1-8-10(13(16)17)3-2-4-11(8)15-21(18,19)12-6-5-9(7-14)20-12/h2-6,15H,1H3,(H,16,17). The molecule has 1 aromatic heterocycles. The smallest absolute Gasteiger partial charge is 0.336 e. The van der Waals surface area contributed by atoms with E-state index in [1.165, 1.54) is 37.3 Å². The highest BCUT2D eigenvalue weighted by Gasteiger charge is 2.19. The Morgan fingerprint density at radius 3 is 2.62 bits per heavy atom. The van der Waals surface area contributed by atoms with Crippen LogP contribution < -0.4 is 4.72 Å². The van der Waals surface area contributed by atoms with E-state index in [2.05, 4.69) is 4.72 Å². The van der Waals surface area contributed by atoms with E-state index in [1.54, 1.807) is 0 Å². The fraction of sp³-hybridized carbons (Fsp3) is 0.0769. The first kappa shape index (κ1) is 15.0. The molecule has 2 rings (SSSR count). The second-order valence-corrected chi connectivity index (χ2v) is 7.11. The Hall–Kier alpha value is -2.37. The van der Waals surface area contributed by atoms with Crippen molar-refractivity contribution in [2.24, 2.45) is 0 Å². The zero-order valence-corrected chi connectivity index (χ0v) is 12.5. The predicted octanol–water partition coefficient (Wildman–Crippen LogP) is 2.43. The number of hydrogen-bond donors (Lipinski definition) is 2. The summed E-state index contributed by atoms with van der Waals surface area (Å²) in [6, 6.07) is 8.96. The van der Waals surface area contributed by atoms with Crippen LogP contribution in [0.1, 0.15) is 20.8 Å². The monoisotopic (exact) mass is 322 g/mol. The lowest BCUT2D eigenvalue weighted by atomic mass is 10.1. The Morgan fingerprint density at radius 2 is 2.05 bits per heavy atom. The molecule has 0 bridgehead atoms. The van der Waals surface area contributed by atoms with Gasteiger partial charge in [0.05, 0.1) is 11.3 Å². The zero-order chi connectivity index (χ0) is 15.6. The van der Waals surface area contributed by atoms with Crippen LogP contribution in [0, 0.1) is 18.3 Å². The number of sulfonamides is 1. The molecule has 0 unspecified atom stereocenters. The minimum Gasteiger partial charge on any atom is -0.478 e. The van der Waals surface area contributed by atoms with Gasteiger partial charge in [0.1, 0.15) is 15.2 Å². The van der Waals surface area contributed by atoms with Gasteiger partial charge in [-0.05, 0) is 36.8 Å². The number of carboxylic acid groups (broad SMARTS) is 1. The van der Waals surface area contributed by atoms with Crippen molar-refractivity contribution in [1.29, 1.82) is 5.26 Å². The van der Waals surface area contributed by atoms with Crippen molar-refractivity contribution >= 4 is 33.0 Å². The minimum atomic E-state index is -3.84. The van der Waals surface area contributed by atoms with Crippen LogP contribution in [0.5, 0.6) is 0 Å². The third kappa shape index (κ3) is 3.04. The van der Waals surface area contributed by atoms with E-state index in [9.17, 15) is 13.2 Å². The van der Waals surface area contributed by atoms with Crippen LogP contribution in [-0.4, -0.2) is 19.5 Å². The van der Waals surface area contributed by atoms with Crippen molar-refractivity contribution in [3.63, 3.8) is 0 Å². The van der Waals surface area contributed by atoms with Crippen LogP contribution in [-0.2, 0) is 10.0 Å². The molecule has 0 radical (unpaired) electrons. The number of rotatable bonds is 4. The van der Waals surface area contributed by atoms with Crippen LogP contribution in [0.25, 0.3) is 0 Å². The fourth-order valence-corrected chi connectivity index (χ4v) is 3.92. The molecular weight excluding hydrogens is 312 g/mol. The third-order valence-corrected chi connectivity index (χ3v) is 5.61. The molecule has 108 valence electrons. The first-order chi connectivity index (χ1) is 9.85. The Labute approximate surface area is 125 Å².